The minimum absolute atomic E-state index is 0.00951. The Bertz CT molecular complexity index is 1180. The van der Waals surface area contributed by atoms with Gasteiger partial charge < -0.3 is 15.2 Å². The molecule has 0 spiro atoms. The second kappa shape index (κ2) is 9.47. The average Bonchev–Trinajstić information content (AvgIpc) is 3.29. The molecular weight excluding hydrogens is 424 g/mol. The molecule has 0 saturated carbocycles. The van der Waals surface area contributed by atoms with E-state index in [0.29, 0.717) is 11.4 Å². The highest BCUT2D eigenvalue weighted by atomic mass is 32.1. The molecule has 0 radical (unpaired) electrons. The van der Waals surface area contributed by atoms with E-state index in [1.54, 1.807) is 6.07 Å². The van der Waals surface area contributed by atoms with Gasteiger partial charge in [0.25, 0.3) is 0 Å². The first-order chi connectivity index (χ1) is 15.5. The van der Waals surface area contributed by atoms with Crippen molar-refractivity contribution in [1.82, 2.24) is 15.5 Å². The molecule has 0 aliphatic heterocycles. The van der Waals surface area contributed by atoms with Crippen molar-refractivity contribution in [2.45, 2.75) is 45.3 Å². The number of ether oxygens (including phenoxy) is 1. The maximum absolute atomic E-state index is 11.7. The van der Waals surface area contributed by atoms with Crippen molar-refractivity contribution in [3.8, 4) is 26.9 Å². The van der Waals surface area contributed by atoms with E-state index in [9.17, 15) is 4.79 Å². The van der Waals surface area contributed by atoms with Gasteiger partial charge in [0.1, 0.15) is 22.4 Å². The van der Waals surface area contributed by atoms with Crippen LogP contribution in [0.2, 0.25) is 0 Å². The van der Waals surface area contributed by atoms with Crippen molar-refractivity contribution in [2.24, 2.45) is 0 Å². The van der Waals surface area contributed by atoms with Crippen molar-refractivity contribution in [3.63, 3.8) is 0 Å². The number of nitrogens with zero attached hydrogens (tertiary/aromatic N) is 3. The highest BCUT2D eigenvalue weighted by Crippen LogP contribution is 2.40. The monoisotopic (exact) mass is 448 g/mol. The Kier molecular flexibility index (Phi) is 6.49. The molecule has 7 nitrogen and oxygen atoms in total. The van der Waals surface area contributed by atoms with Crippen LogP contribution in [0.25, 0.3) is 26.0 Å². The molecule has 1 aliphatic rings. The number of nitrogens with one attached hydrogen (secondary N) is 1. The molecule has 2 N–H and O–H groups in total. The SMILES string of the molecule is [C-]#[N+]c1cc(-c2nnc(-c3cccc4c3CCC[C@@H]4NC(=O)CO)s2)ccc1OC(C)C. The molecule has 1 atom stereocenters. The summed E-state index contributed by atoms with van der Waals surface area (Å²) >= 11 is 1.48. The van der Waals surface area contributed by atoms with E-state index < -0.39 is 6.61 Å². The number of aromatic nitrogens is 2. The number of aliphatic hydroxyl groups excluding tert-OH is 1. The fourth-order valence-corrected chi connectivity index (χ4v) is 4.87. The van der Waals surface area contributed by atoms with Gasteiger partial charge in [-0.05, 0) is 56.4 Å². The zero-order chi connectivity index (χ0) is 22.7. The summed E-state index contributed by atoms with van der Waals surface area (Å²) in [5.74, 6) is 0.198. The molecule has 1 aliphatic carbocycles. The maximum atomic E-state index is 11.7. The second-order valence-corrected chi connectivity index (χ2v) is 8.89. The molecule has 1 heterocycles. The van der Waals surface area contributed by atoms with Gasteiger partial charge in [-0.1, -0.05) is 35.6 Å². The van der Waals surface area contributed by atoms with Crippen LogP contribution in [0.4, 0.5) is 5.69 Å². The molecule has 164 valence electrons. The van der Waals surface area contributed by atoms with Crippen molar-refractivity contribution in [1.29, 1.82) is 0 Å². The van der Waals surface area contributed by atoms with Crippen LogP contribution in [-0.4, -0.2) is 33.9 Å². The zero-order valence-corrected chi connectivity index (χ0v) is 18.8. The molecule has 0 saturated heterocycles. The van der Waals surface area contributed by atoms with Crippen LogP contribution in [0.1, 0.15) is 43.9 Å². The van der Waals surface area contributed by atoms with E-state index in [1.807, 2.05) is 44.2 Å². The molecule has 2 aromatic carbocycles. The Morgan fingerprint density at radius 1 is 1.31 bits per heavy atom. The number of benzene rings is 2. The van der Waals surface area contributed by atoms with Gasteiger partial charge in [0.2, 0.25) is 11.6 Å². The Balaban J connectivity index is 1.66. The maximum Gasteiger partial charge on any atom is 0.246 e. The summed E-state index contributed by atoms with van der Waals surface area (Å²) in [4.78, 5) is 15.3. The highest BCUT2D eigenvalue weighted by molar-refractivity contribution is 7.17. The fraction of sp³-hybridized carbons (Fsp3) is 0.333. The molecule has 0 bridgehead atoms. The fourth-order valence-electron chi connectivity index (χ4n) is 3.98. The van der Waals surface area contributed by atoms with Crippen LogP contribution in [0.15, 0.2) is 36.4 Å². The summed E-state index contributed by atoms with van der Waals surface area (Å²) in [7, 11) is 0. The molecule has 0 fully saturated rings. The van der Waals surface area contributed by atoms with Gasteiger partial charge in [0.15, 0.2) is 0 Å². The Morgan fingerprint density at radius 2 is 2.12 bits per heavy atom. The van der Waals surface area contributed by atoms with Crippen LogP contribution in [0, 0.1) is 6.57 Å². The van der Waals surface area contributed by atoms with E-state index in [0.717, 1.165) is 51.5 Å². The molecule has 3 aromatic rings. The lowest BCUT2D eigenvalue weighted by molar-refractivity contribution is -0.124. The molecular formula is C24H24N4O3S. The molecule has 0 unspecified atom stereocenters. The highest BCUT2D eigenvalue weighted by Gasteiger charge is 2.25. The summed E-state index contributed by atoms with van der Waals surface area (Å²) in [6.07, 6.45) is 2.67. The van der Waals surface area contributed by atoms with Crippen molar-refractivity contribution >= 4 is 22.9 Å². The number of hydrogen-bond donors (Lipinski definition) is 2. The van der Waals surface area contributed by atoms with Crippen molar-refractivity contribution < 1.29 is 14.6 Å². The third-order valence-electron chi connectivity index (χ3n) is 5.33. The molecule has 4 rings (SSSR count). The van der Waals surface area contributed by atoms with Gasteiger partial charge in [-0.25, -0.2) is 4.85 Å². The first-order valence-corrected chi connectivity index (χ1v) is 11.4. The van der Waals surface area contributed by atoms with E-state index in [-0.39, 0.29) is 18.1 Å². The largest absolute Gasteiger partial charge is 0.502 e. The van der Waals surface area contributed by atoms with Crippen molar-refractivity contribution in [2.75, 3.05) is 6.61 Å². The summed E-state index contributed by atoms with van der Waals surface area (Å²) < 4.78 is 5.72. The summed E-state index contributed by atoms with van der Waals surface area (Å²) in [6.45, 7) is 10.8. The number of fused-ring (bicyclic) bond motifs is 1. The Hall–Kier alpha value is -3.28. The van der Waals surface area contributed by atoms with Crippen LogP contribution in [0.5, 0.6) is 5.75 Å². The predicted octanol–water partition coefficient (Wildman–Crippen LogP) is 4.70. The topological polar surface area (TPSA) is 88.7 Å². The smallest absolute Gasteiger partial charge is 0.246 e. The minimum atomic E-state index is -0.515. The first kappa shape index (κ1) is 21.9. The van der Waals surface area contributed by atoms with Gasteiger partial charge >= 0.3 is 0 Å². The lowest BCUT2D eigenvalue weighted by Crippen LogP contribution is -2.32. The number of amides is 1. The van der Waals surface area contributed by atoms with Crippen LogP contribution in [-0.2, 0) is 11.2 Å². The van der Waals surface area contributed by atoms with E-state index in [2.05, 4.69) is 20.4 Å². The van der Waals surface area contributed by atoms with E-state index in [4.69, 9.17) is 16.4 Å². The Morgan fingerprint density at radius 3 is 2.88 bits per heavy atom. The number of rotatable bonds is 6. The normalized spacial score (nSPS) is 15.2. The number of aliphatic hydroxyl groups is 1. The quantitative estimate of drug-likeness (QED) is 0.534. The van der Waals surface area contributed by atoms with Gasteiger partial charge in [-0.3, -0.25) is 4.79 Å². The van der Waals surface area contributed by atoms with Crippen molar-refractivity contribution in [3.05, 3.63) is 58.9 Å². The third-order valence-corrected chi connectivity index (χ3v) is 6.34. The summed E-state index contributed by atoms with van der Waals surface area (Å²) in [5, 5.41) is 22.4. The lowest BCUT2D eigenvalue weighted by Gasteiger charge is -2.27. The average molecular weight is 449 g/mol. The molecule has 32 heavy (non-hydrogen) atoms. The molecule has 1 aromatic heterocycles. The second-order valence-electron chi connectivity index (χ2n) is 7.92. The van der Waals surface area contributed by atoms with E-state index >= 15 is 0 Å². The lowest BCUT2D eigenvalue weighted by atomic mass is 9.85. The van der Waals surface area contributed by atoms with E-state index in [1.165, 1.54) is 11.3 Å². The minimum Gasteiger partial charge on any atom is -0.502 e. The Labute approximate surface area is 190 Å². The first-order valence-electron chi connectivity index (χ1n) is 10.5. The third kappa shape index (κ3) is 4.49. The van der Waals surface area contributed by atoms with Gasteiger partial charge in [-0.2, -0.15) is 0 Å². The predicted molar refractivity (Wildman–Crippen MR) is 124 cm³/mol. The van der Waals surface area contributed by atoms with Gasteiger partial charge in [0, 0.05) is 11.1 Å². The number of carbonyl (C=O) groups is 1. The molecule has 1 amide bonds. The van der Waals surface area contributed by atoms with Crippen LogP contribution >= 0.6 is 11.3 Å². The number of hydrogen-bond acceptors (Lipinski definition) is 6. The standard InChI is InChI=1S/C24H24N4O3S/c1-14(2)31-21-11-10-15(12-20(21)25-3)23-27-28-24(32-23)18-8-4-7-17-16(18)6-5-9-19(17)26-22(30)13-29/h4,7-8,10-12,14,19,29H,5-6,9,13H2,1-2H3,(H,26,30)/t19-/m0/s1. The van der Waals surface area contributed by atoms with Gasteiger partial charge in [-0.15, -0.1) is 10.2 Å². The summed E-state index contributed by atoms with van der Waals surface area (Å²) in [5.41, 5.74) is 4.52. The summed E-state index contributed by atoms with van der Waals surface area (Å²) in [6, 6.07) is 11.4. The van der Waals surface area contributed by atoms with Gasteiger partial charge in [0.05, 0.1) is 18.7 Å². The number of carbonyl (C=O) groups excluding carboxylic acids is 1. The van der Waals surface area contributed by atoms with Crippen LogP contribution < -0.4 is 10.1 Å². The zero-order valence-electron chi connectivity index (χ0n) is 18.0. The van der Waals surface area contributed by atoms with Crippen LogP contribution in [0.3, 0.4) is 0 Å². The molecule has 8 heteroatoms.